The number of fused-ring (bicyclic) bond motifs is 1. The van der Waals surface area contributed by atoms with Crippen LogP contribution in [0, 0.1) is 6.92 Å². The van der Waals surface area contributed by atoms with Crippen LogP contribution < -0.4 is 16.4 Å². The number of carbonyl (C=O) groups excluding carboxylic acids is 1. The van der Waals surface area contributed by atoms with Crippen molar-refractivity contribution in [3.63, 3.8) is 0 Å². The van der Waals surface area contributed by atoms with Crippen LogP contribution in [0.4, 0.5) is 21.6 Å². The average Bonchev–Trinajstić information content (AvgIpc) is 3.67. The van der Waals surface area contributed by atoms with Crippen molar-refractivity contribution >= 4 is 55.9 Å². The first-order valence-corrected chi connectivity index (χ1v) is 12.7. The first-order chi connectivity index (χ1) is 17.5. The molecule has 0 bridgehead atoms. The third-order valence-corrected chi connectivity index (χ3v) is 7.40. The molecule has 0 fully saturated rings. The number of rotatable bonds is 6. The summed E-state index contributed by atoms with van der Waals surface area (Å²) in [6, 6.07) is 19.1. The average molecular weight is 513 g/mol. The third-order valence-electron chi connectivity index (χ3n) is 5.51. The van der Waals surface area contributed by atoms with Gasteiger partial charge in [0.2, 0.25) is 0 Å². The first-order valence-electron chi connectivity index (χ1n) is 11.0. The largest absolute Gasteiger partial charge is 0.394 e. The maximum atomic E-state index is 12.9. The number of nitrogen functional groups attached to an aromatic ring is 1. The molecule has 9 nitrogen and oxygen atoms in total. The number of thiophene rings is 1. The number of nitrogens with two attached hydrogens (primary N) is 1. The van der Waals surface area contributed by atoms with Gasteiger partial charge >= 0.3 is 0 Å². The number of imidazole rings is 1. The number of aryl methyl sites for hydroxylation is 1. The molecule has 1 aromatic carbocycles. The molecule has 0 aliphatic rings. The minimum absolute atomic E-state index is 0.278. The van der Waals surface area contributed by atoms with Gasteiger partial charge in [0.05, 0.1) is 39.3 Å². The number of pyridine rings is 1. The number of amides is 1. The highest BCUT2D eigenvalue weighted by atomic mass is 32.1. The Kier molecular flexibility index (Phi) is 5.47. The molecule has 36 heavy (non-hydrogen) atoms. The summed E-state index contributed by atoms with van der Waals surface area (Å²) in [6.45, 7) is 2.03. The van der Waals surface area contributed by atoms with Gasteiger partial charge < -0.3 is 16.4 Å². The van der Waals surface area contributed by atoms with Gasteiger partial charge in [-0.1, -0.05) is 24.3 Å². The molecule has 0 spiro atoms. The van der Waals surface area contributed by atoms with Gasteiger partial charge in [0, 0.05) is 11.1 Å². The Morgan fingerprint density at radius 1 is 1.03 bits per heavy atom. The second kappa shape index (κ2) is 8.95. The smallest absolute Gasteiger partial charge is 0.267 e. The van der Waals surface area contributed by atoms with Crippen molar-refractivity contribution in [3.05, 3.63) is 89.0 Å². The fourth-order valence-corrected chi connectivity index (χ4v) is 5.49. The van der Waals surface area contributed by atoms with E-state index < -0.39 is 0 Å². The molecule has 0 aliphatic heterocycles. The lowest BCUT2D eigenvalue weighted by Crippen LogP contribution is -2.12. The molecular formula is C25H20N8OS2. The number of hydrogen-bond acceptors (Lipinski definition) is 8. The van der Waals surface area contributed by atoms with Crippen LogP contribution in [0.15, 0.2) is 79.3 Å². The summed E-state index contributed by atoms with van der Waals surface area (Å²) in [7, 11) is 0. The minimum atomic E-state index is -0.278. The van der Waals surface area contributed by atoms with Crippen LogP contribution in [0.5, 0.6) is 0 Å². The Morgan fingerprint density at radius 2 is 1.86 bits per heavy atom. The monoisotopic (exact) mass is 512 g/mol. The summed E-state index contributed by atoms with van der Waals surface area (Å²) in [4.78, 5) is 23.7. The Labute approximate surface area is 213 Å². The fraction of sp³-hybridized carbons (Fsp3) is 0.0400. The minimum Gasteiger partial charge on any atom is -0.394 e. The quantitative estimate of drug-likeness (QED) is 0.268. The number of para-hydroxylation sites is 1. The highest BCUT2D eigenvalue weighted by Crippen LogP contribution is 2.34. The predicted molar refractivity (Wildman–Crippen MR) is 145 cm³/mol. The van der Waals surface area contributed by atoms with Crippen LogP contribution in [-0.4, -0.2) is 30.1 Å². The lowest BCUT2D eigenvalue weighted by molar-refractivity contribution is 0.103. The normalized spacial score (nSPS) is 11.1. The number of carbonyl (C=O) groups is 1. The Balaban J connectivity index is 1.18. The topological polar surface area (TPSA) is 115 Å². The summed E-state index contributed by atoms with van der Waals surface area (Å²) in [5.74, 6) is 0.0415. The zero-order valence-corrected chi connectivity index (χ0v) is 20.7. The van der Waals surface area contributed by atoms with Gasteiger partial charge in [0.1, 0.15) is 11.3 Å². The zero-order valence-electron chi connectivity index (χ0n) is 19.0. The van der Waals surface area contributed by atoms with E-state index in [-0.39, 0.29) is 5.91 Å². The molecule has 0 saturated heterocycles. The molecular weight excluding hydrogens is 492 g/mol. The molecule has 6 rings (SSSR count). The SMILES string of the molecule is Cc1sc(Nc2ccc(C(=O)Nc3nn(-c4ccccc4)cc3N)s2)nc1-c1cnc2ccccn12. The highest BCUT2D eigenvalue weighted by molar-refractivity contribution is 7.19. The molecule has 0 aliphatic carbocycles. The molecule has 178 valence electrons. The number of thiazole rings is 1. The highest BCUT2D eigenvalue weighted by Gasteiger charge is 2.17. The van der Waals surface area contributed by atoms with E-state index in [4.69, 9.17) is 10.7 Å². The number of nitrogens with one attached hydrogen (secondary N) is 2. The molecule has 4 N–H and O–H groups in total. The number of aromatic nitrogens is 5. The Bertz CT molecular complexity index is 1700. The van der Waals surface area contributed by atoms with Crippen molar-refractivity contribution in [2.24, 2.45) is 0 Å². The standard InChI is InChI=1S/C25H20N8OS2/c1-15-22(18-13-27-20-9-5-6-12-32(18)20)29-25(35-15)28-21-11-10-19(36-21)24(34)30-23-17(26)14-33(31-23)16-7-3-2-4-8-16/h2-14H,26H2,1H3,(H,28,29)(H,30,31,34). The van der Waals surface area contributed by atoms with Gasteiger partial charge in [-0.3, -0.25) is 9.20 Å². The Morgan fingerprint density at radius 3 is 2.72 bits per heavy atom. The zero-order chi connectivity index (χ0) is 24.6. The van der Waals surface area contributed by atoms with Gasteiger partial charge in [0.25, 0.3) is 5.91 Å². The molecule has 0 radical (unpaired) electrons. The molecule has 6 aromatic rings. The summed E-state index contributed by atoms with van der Waals surface area (Å²) >= 11 is 2.88. The van der Waals surface area contributed by atoms with Crippen molar-refractivity contribution in [2.45, 2.75) is 6.92 Å². The number of hydrogen-bond donors (Lipinski definition) is 3. The molecule has 11 heteroatoms. The lowest BCUT2D eigenvalue weighted by Gasteiger charge is -2.01. The van der Waals surface area contributed by atoms with Crippen LogP contribution in [-0.2, 0) is 0 Å². The van der Waals surface area contributed by atoms with Gasteiger partial charge in [-0.05, 0) is 43.3 Å². The van der Waals surface area contributed by atoms with Crippen LogP contribution in [0.1, 0.15) is 14.5 Å². The van der Waals surface area contributed by atoms with Crippen LogP contribution in [0.2, 0.25) is 0 Å². The van der Waals surface area contributed by atoms with Crippen molar-refractivity contribution in [1.29, 1.82) is 0 Å². The van der Waals surface area contributed by atoms with Crippen molar-refractivity contribution in [3.8, 4) is 17.1 Å². The summed E-state index contributed by atoms with van der Waals surface area (Å²) in [6.07, 6.45) is 5.49. The van der Waals surface area contributed by atoms with Gasteiger partial charge in [0.15, 0.2) is 10.9 Å². The fourth-order valence-electron chi connectivity index (χ4n) is 3.79. The summed E-state index contributed by atoms with van der Waals surface area (Å²) in [5.41, 5.74) is 10.0. The third kappa shape index (κ3) is 4.10. The van der Waals surface area contributed by atoms with E-state index in [0.29, 0.717) is 16.4 Å². The van der Waals surface area contributed by atoms with E-state index >= 15 is 0 Å². The lowest BCUT2D eigenvalue weighted by atomic mass is 10.3. The van der Waals surface area contributed by atoms with Gasteiger partial charge in [-0.25, -0.2) is 14.6 Å². The predicted octanol–water partition coefficient (Wildman–Crippen LogP) is 5.59. The number of nitrogens with zero attached hydrogens (tertiary/aromatic N) is 5. The van der Waals surface area contributed by atoms with E-state index in [0.717, 1.165) is 37.7 Å². The van der Waals surface area contributed by atoms with E-state index in [1.165, 1.54) is 11.3 Å². The van der Waals surface area contributed by atoms with E-state index in [2.05, 4.69) is 20.7 Å². The van der Waals surface area contributed by atoms with E-state index in [9.17, 15) is 4.79 Å². The van der Waals surface area contributed by atoms with E-state index in [1.807, 2.05) is 78.3 Å². The number of anilines is 4. The molecule has 0 atom stereocenters. The van der Waals surface area contributed by atoms with Crippen LogP contribution in [0.3, 0.4) is 0 Å². The van der Waals surface area contributed by atoms with Crippen molar-refractivity contribution < 1.29 is 4.79 Å². The maximum absolute atomic E-state index is 12.9. The maximum Gasteiger partial charge on any atom is 0.267 e. The van der Waals surface area contributed by atoms with Gasteiger partial charge in [-0.2, -0.15) is 0 Å². The molecule has 0 unspecified atom stereocenters. The van der Waals surface area contributed by atoms with Crippen molar-refractivity contribution in [1.82, 2.24) is 24.1 Å². The summed E-state index contributed by atoms with van der Waals surface area (Å²) in [5, 5.41) is 12.1. The Hall–Kier alpha value is -4.48. The molecule has 1 amide bonds. The molecule has 5 aromatic heterocycles. The van der Waals surface area contributed by atoms with Crippen LogP contribution >= 0.6 is 22.7 Å². The van der Waals surface area contributed by atoms with E-state index in [1.54, 1.807) is 28.3 Å². The second-order valence-electron chi connectivity index (χ2n) is 7.95. The summed E-state index contributed by atoms with van der Waals surface area (Å²) < 4.78 is 3.66. The van der Waals surface area contributed by atoms with Crippen molar-refractivity contribution in [2.75, 3.05) is 16.4 Å². The van der Waals surface area contributed by atoms with Crippen LogP contribution in [0.25, 0.3) is 22.7 Å². The molecule has 0 saturated carbocycles. The second-order valence-corrected chi connectivity index (χ2v) is 10.2. The van der Waals surface area contributed by atoms with Gasteiger partial charge in [-0.15, -0.1) is 27.8 Å². The first kappa shape index (κ1) is 22.0. The number of benzene rings is 1. The molecule has 5 heterocycles.